The van der Waals surface area contributed by atoms with Crippen LogP contribution in [-0.2, 0) is 16.1 Å². The quantitative estimate of drug-likeness (QED) is 0.801. The Labute approximate surface area is 136 Å². The standard InChI is InChI=1S/C17H21ClN2O2/c1-19(10-12-6-8-13(18)9-7-12)11-20-16(21)14-4-2-3-5-15(14)17(20)22/h6-9,14-15H,2-5,10-11H2,1H3/t14-,15-/m1/s1. The highest BCUT2D eigenvalue weighted by molar-refractivity contribution is 6.30. The van der Waals surface area contributed by atoms with Gasteiger partial charge in [0.25, 0.3) is 0 Å². The second-order valence-electron chi connectivity index (χ2n) is 6.38. The van der Waals surface area contributed by atoms with E-state index >= 15 is 0 Å². The van der Waals surface area contributed by atoms with Gasteiger partial charge in [-0.25, -0.2) is 0 Å². The van der Waals surface area contributed by atoms with Crippen molar-refractivity contribution in [3.63, 3.8) is 0 Å². The van der Waals surface area contributed by atoms with Crippen LogP contribution in [0, 0.1) is 11.8 Å². The maximum Gasteiger partial charge on any atom is 0.234 e. The fourth-order valence-corrected chi connectivity index (χ4v) is 3.69. The number of benzene rings is 1. The fourth-order valence-electron chi connectivity index (χ4n) is 3.56. The number of amides is 2. The third-order valence-electron chi connectivity index (χ3n) is 4.68. The molecule has 118 valence electrons. The van der Waals surface area contributed by atoms with Crippen molar-refractivity contribution in [1.29, 1.82) is 0 Å². The molecule has 2 atom stereocenters. The van der Waals surface area contributed by atoms with Crippen LogP contribution in [0.5, 0.6) is 0 Å². The minimum Gasteiger partial charge on any atom is -0.284 e. The first-order valence-corrected chi connectivity index (χ1v) is 8.22. The van der Waals surface area contributed by atoms with Crippen LogP contribution in [0.2, 0.25) is 5.02 Å². The summed E-state index contributed by atoms with van der Waals surface area (Å²) in [5.74, 6) is -0.0781. The second kappa shape index (κ2) is 6.39. The normalized spacial score (nSPS) is 25.0. The molecule has 2 fully saturated rings. The van der Waals surface area contributed by atoms with E-state index in [4.69, 9.17) is 11.6 Å². The highest BCUT2D eigenvalue weighted by Crippen LogP contribution is 2.37. The molecule has 1 saturated heterocycles. The number of hydrogen-bond acceptors (Lipinski definition) is 3. The van der Waals surface area contributed by atoms with Gasteiger partial charge in [0.15, 0.2) is 0 Å². The van der Waals surface area contributed by atoms with Crippen LogP contribution < -0.4 is 0 Å². The Morgan fingerprint density at radius 2 is 1.64 bits per heavy atom. The van der Waals surface area contributed by atoms with Crippen LogP contribution in [0.25, 0.3) is 0 Å². The first kappa shape index (κ1) is 15.5. The molecule has 1 heterocycles. The molecule has 0 N–H and O–H groups in total. The topological polar surface area (TPSA) is 40.6 Å². The molecule has 1 aromatic rings. The SMILES string of the molecule is CN(Cc1ccc(Cl)cc1)CN1C(=O)[C@@H]2CCCC[C@H]2C1=O. The zero-order valence-corrected chi connectivity index (χ0v) is 13.6. The van der Waals surface area contributed by atoms with Gasteiger partial charge in [-0.1, -0.05) is 36.6 Å². The molecule has 2 aliphatic rings. The van der Waals surface area contributed by atoms with Gasteiger partial charge in [-0.05, 0) is 37.6 Å². The Balaban J connectivity index is 1.63. The first-order valence-electron chi connectivity index (χ1n) is 7.84. The van der Waals surface area contributed by atoms with Gasteiger partial charge >= 0.3 is 0 Å². The summed E-state index contributed by atoms with van der Waals surface area (Å²) in [5.41, 5.74) is 1.11. The molecular weight excluding hydrogens is 300 g/mol. The molecule has 1 saturated carbocycles. The summed E-state index contributed by atoms with van der Waals surface area (Å²) in [6, 6.07) is 7.63. The van der Waals surface area contributed by atoms with Crippen LogP contribution in [-0.4, -0.2) is 35.3 Å². The van der Waals surface area contributed by atoms with Crippen molar-refractivity contribution in [3.8, 4) is 0 Å². The summed E-state index contributed by atoms with van der Waals surface area (Å²) in [6.07, 6.45) is 3.86. The number of imide groups is 1. The number of halogens is 1. The van der Waals surface area contributed by atoms with Crippen molar-refractivity contribution >= 4 is 23.4 Å². The van der Waals surface area contributed by atoms with Gasteiger partial charge in [-0.15, -0.1) is 0 Å². The van der Waals surface area contributed by atoms with Crippen molar-refractivity contribution in [2.24, 2.45) is 11.8 Å². The zero-order valence-electron chi connectivity index (χ0n) is 12.8. The molecule has 1 aliphatic heterocycles. The predicted octanol–water partition coefficient (Wildman–Crippen LogP) is 2.90. The van der Waals surface area contributed by atoms with Gasteiger partial charge in [0, 0.05) is 11.6 Å². The number of carbonyl (C=O) groups is 2. The van der Waals surface area contributed by atoms with Crippen LogP contribution >= 0.6 is 11.6 Å². The van der Waals surface area contributed by atoms with Crippen LogP contribution in [0.1, 0.15) is 31.2 Å². The molecule has 0 bridgehead atoms. The van der Waals surface area contributed by atoms with E-state index in [0.29, 0.717) is 18.2 Å². The van der Waals surface area contributed by atoms with Gasteiger partial charge in [0.2, 0.25) is 11.8 Å². The maximum atomic E-state index is 12.4. The number of fused-ring (bicyclic) bond motifs is 1. The predicted molar refractivity (Wildman–Crippen MR) is 85.1 cm³/mol. The van der Waals surface area contributed by atoms with Crippen molar-refractivity contribution in [1.82, 2.24) is 9.80 Å². The lowest BCUT2D eigenvalue weighted by Gasteiger charge is -2.23. The Kier molecular flexibility index (Phi) is 4.50. The van der Waals surface area contributed by atoms with E-state index in [1.165, 1.54) is 4.90 Å². The van der Waals surface area contributed by atoms with Gasteiger partial charge in [0.05, 0.1) is 18.5 Å². The van der Waals surface area contributed by atoms with E-state index in [1.807, 2.05) is 36.2 Å². The van der Waals surface area contributed by atoms with E-state index in [9.17, 15) is 9.59 Å². The van der Waals surface area contributed by atoms with E-state index in [0.717, 1.165) is 31.2 Å². The summed E-state index contributed by atoms with van der Waals surface area (Å²) < 4.78 is 0. The van der Waals surface area contributed by atoms with Gasteiger partial charge in [-0.3, -0.25) is 19.4 Å². The number of likely N-dealkylation sites (tertiary alicyclic amines) is 1. The molecule has 22 heavy (non-hydrogen) atoms. The van der Waals surface area contributed by atoms with E-state index in [1.54, 1.807) is 0 Å². The lowest BCUT2D eigenvalue weighted by molar-refractivity contribution is -0.142. The van der Waals surface area contributed by atoms with E-state index < -0.39 is 0 Å². The minimum atomic E-state index is -0.0646. The summed E-state index contributed by atoms with van der Waals surface area (Å²) in [5, 5.41) is 0.709. The van der Waals surface area contributed by atoms with Crippen LogP contribution in [0.4, 0.5) is 0 Å². The number of hydrogen-bond donors (Lipinski definition) is 0. The highest BCUT2D eigenvalue weighted by atomic mass is 35.5. The lowest BCUT2D eigenvalue weighted by atomic mass is 9.81. The van der Waals surface area contributed by atoms with E-state index in [-0.39, 0.29) is 23.7 Å². The van der Waals surface area contributed by atoms with Gasteiger partial charge < -0.3 is 0 Å². The minimum absolute atomic E-state index is 0.0256. The van der Waals surface area contributed by atoms with Crippen molar-refractivity contribution < 1.29 is 9.59 Å². The third-order valence-corrected chi connectivity index (χ3v) is 4.93. The molecule has 3 rings (SSSR count). The van der Waals surface area contributed by atoms with Crippen molar-refractivity contribution in [2.45, 2.75) is 32.2 Å². The molecular formula is C17H21ClN2O2. The van der Waals surface area contributed by atoms with Gasteiger partial charge in [0.1, 0.15) is 0 Å². The Hall–Kier alpha value is -1.39. The summed E-state index contributed by atoms with van der Waals surface area (Å²) >= 11 is 5.88. The monoisotopic (exact) mass is 320 g/mol. The zero-order chi connectivity index (χ0) is 15.7. The average Bonchev–Trinajstić information content (AvgIpc) is 2.75. The van der Waals surface area contributed by atoms with Crippen LogP contribution in [0.3, 0.4) is 0 Å². The summed E-state index contributed by atoms with van der Waals surface area (Å²) in [6.45, 7) is 1.05. The molecule has 5 heteroatoms. The highest BCUT2D eigenvalue weighted by Gasteiger charge is 2.48. The van der Waals surface area contributed by atoms with Crippen molar-refractivity contribution in [3.05, 3.63) is 34.9 Å². The molecule has 0 radical (unpaired) electrons. The summed E-state index contributed by atoms with van der Waals surface area (Å²) in [7, 11) is 1.93. The molecule has 4 nitrogen and oxygen atoms in total. The molecule has 0 unspecified atom stereocenters. The van der Waals surface area contributed by atoms with E-state index in [2.05, 4.69) is 0 Å². The Morgan fingerprint density at radius 1 is 1.09 bits per heavy atom. The number of rotatable bonds is 4. The average molecular weight is 321 g/mol. The molecule has 1 aliphatic carbocycles. The molecule has 2 amide bonds. The smallest absolute Gasteiger partial charge is 0.234 e. The number of carbonyl (C=O) groups excluding carboxylic acids is 2. The second-order valence-corrected chi connectivity index (χ2v) is 6.82. The Morgan fingerprint density at radius 3 is 2.18 bits per heavy atom. The van der Waals surface area contributed by atoms with Crippen LogP contribution in [0.15, 0.2) is 24.3 Å². The number of nitrogens with zero attached hydrogens (tertiary/aromatic N) is 2. The largest absolute Gasteiger partial charge is 0.284 e. The Bertz CT molecular complexity index is 549. The van der Waals surface area contributed by atoms with Crippen molar-refractivity contribution in [2.75, 3.05) is 13.7 Å². The molecule has 1 aromatic carbocycles. The lowest BCUT2D eigenvalue weighted by Crippen LogP contribution is -2.40. The maximum absolute atomic E-state index is 12.4. The van der Waals surface area contributed by atoms with Gasteiger partial charge in [-0.2, -0.15) is 0 Å². The fraction of sp³-hybridized carbons (Fsp3) is 0.529. The third kappa shape index (κ3) is 3.03. The summed E-state index contributed by atoms with van der Waals surface area (Å²) in [4.78, 5) is 28.3. The molecule has 0 spiro atoms. The first-order chi connectivity index (χ1) is 10.6. The molecule has 0 aromatic heterocycles.